The fourth-order valence-corrected chi connectivity index (χ4v) is 8.14. The first-order valence-electron chi connectivity index (χ1n) is 15.4. The SMILES string of the molecule is C/C=C\C(=C/C)c1cccc2c(=O)c3/c(n(-c4cccs4)c12)=C\c1cccc(-c2ccccc2)c1N(C1=CCCS1)C(=C/C=O)\C=3. The van der Waals surface area contributed by atoms with E-state index < -0.39 is 0 Å². The molecule has 0 bridgehead atoms. The van der Waals surface area contributed by atoms with Gasteiger partial charge in [-0.1, -0.05) is 85.0 Å². The molecule has 2 aliphatic heterocycles. The van der Waals surface area contributed by atoms with E-state index in [1.54, 1.807) is 29.2 Å². The van der Waals surface area contributed by atoms with E-state index >= 15 is 0 Å². The number of carbonyl (C=O) groups excluding carboxylic acids is 1. The van der Waals surface area contributed by atoms with Crippen LogP contribution < -0.4 is 20.9 Å². The van der Waals surface area contributed by atoms with E-state index in [9.17, 15) is 9.59 Å². The van der Waals surface area contributed by atoms with Gasteiger partial charge in [-0.2, -0.15) is 0 Å². The molecule has 6 heteroatoms. The maximum absolute atomic E-state index is 14.7. The van der Waals surface area contributed by atoms with E-state index in [2.05, 4.69) is 81.6 Å². The Bertz CT molecular complexity index is 2290. The fourth-order valence-electron chi connectivity index (χ4n) is 6.39. The second-order valence-corrected chi connectivity index (χ2v) is 13.0. The number of nitrogens with zero attached hydrogens (tertiary/aromatic N) is 2. The minimum atomic E-state index is -0.0701. The third kappa shape index (κ3) is 5.14. The van der Waals surface area contributed by atoms with Gasteiger partial charge in [0.25, 0.3) is 0 Å². The van der Waals surface area contributed by atoms with Crippen molar-refractivity contribution in [1.29, 1.82) is 0 Å². The Balaban J connectivity index is 1.73. The third-order valence-corrected chi connectivity index (χ3v) is 10.3. The van der Waals surface area contributed by atoms with Crippen LogP contribution in [0.25, 0.3) is 44.8 Å². The second kappa shape index (κ2) is 12.8. The van der Waals surface area contributed by atoms with Gasteiger partial charge in [-0.3, -0.25) is 14.2 Å². The average molecular weight is 637 g/mol. The summed E-state index contributed by atoms with van der Waals surface area (Å²) in [6.45, 7) is 4.03. The molecule has 0 spiro atoms. The lowest BCUT2D eigenvalue weighted by molar-refractivity contribution is -0.104. The lowest BCUT2D eigenvalue weighted by Gasteiger charge is -2.31. The first kappa shape index (κ1) is 29.8. The molecule has 4 heterocycles. The van der Waals surface area contributed by atoms with Gasteiger partial charge < -0.3 is 4.90 Å². The number of thioether (sulfide) groups is 1. The monoisotopic (exact) mass is 636 g/mol. The molecule has 0 unspecified atom stereocenters. The number of aromatic nitrogens is 1. The van der Waals surface area contributed by atoms with Crippen LogP contribution in [0.3, 0.4) is 0 Å². The van der Waals surface area contributed by atoms with Gasteiger partial charge in [0, 0.05) is 39.1 Å². The number of pyridine rings is 1. The van der Waals surface area contributed by atoms with Crippen molar-refractivity contribution in [2.24, 2.45) is 0 Å². The second-order valence-electron chi connectivity index (χ2n) is 11.0. The molecule has 0 saturated carbocycles. The highest BCUT2D eigenvalue weighted by Gasteiger charge is 2.27. The number of anilines is 1. The molecule has 0 N–H and O–H groups in total. The van der Waals surface area contributed by atoms with Gasteiger partial charge in [-0.25, -0.2) is 0 Å². The summed E-state index contributed by atoms with van der Waals surface area (Å²) in [6.07, 6.45) is 15.8. The smallest absolute Gasteiger partial charge is 0.197 e. The number of hydrogen-bond acceptors (Lipinski definition) is 5. The maximum Gasteiger partial charge on any atom is 0.197 e. The van der Waals surface area contributed by atoms with Gasteiger partial charge >= 0.3 is 0 Å². The highest BCUT2D eigenvalue weighted by molar-refractivity contribution is 8.03. The van der Waals surface area contributed by atoms with E-state index in [1.165, 1.54) is 0 Å². The maximum atomic E-state index is 14.7. The summed E-state index contributed by atoms with van der Waals surface area (Å²) in [5, 5.41) is 6.07. The van der Waals surface area contributed by atoms with Crippen molar-refractivity contribution >= 4 is 63.7 Å². The Morgan fingerprint density at radius 1 is 0.913 bits per heavy atom. The van der Waals surface area contributed by atoms with E-state index in [4.69, 9.17) is 0 Å². The van der Waals surface area contributed by atoms with Crippen molar-refractivity contribution in [3.05, 3.63) is 157 Å². The Labute approximate surface area is 276 Å². The van der Waals surface area contributed by atoms with Gasteiger partial charge in [0.1, 0.15) is 6.29 Å². The molecule has 46 heavy (non-hydrogen) atoms. The minimum absolute atomic E-state index is 0.0701. The van der Waals surface area contributed by atoms with Gasteiger partial charge in [0.05, 0.1) is 32.3 Å². The van der Waals surface area contributed by atoms with Gasteiger partial charge in [-0.05, 0) is 67.1 Å². The van der Waals surface area contributed by atoms with E-state index in [0.717, 1.165) is 72.9 Å². The highest BCUT2D eigenvalue weighted by atomic mass is 32.2. The van der Waals surface area contributed by atoms with Crippen molar-refractivity contribution in [3.8, 4) is 16.1 Å². The summed E-state index contributed by atoms with van der Waals surface area (Å²) in [7, 11) is 0. The number of benzene rings is 3. The van der Waals surface area contributed by atoms with Gasteiger partial charge in [-0.15, -0.1) is 23.1 Å². The molecule has 0 fully saturated rings. The highest BCUT2D eigenvalue weighted by Crippen LogP contribution is 2.43. The van der Waals surface area contributed by atoms with Crippen LogP contribution in [0, 0.1) is 0 Å². The van der Waals surface area contributed by atoms with E-state index in [0.29, 0.717) is 16.3 Å². The number of aldehydes is 1. The van der Waals surface area contributed by atoms with Crippen molar-refractivity contribution < 1.29 is 4.79 Å². The summed E-state index contributed by atoms with van der Waals surface area (Å²) < 4.78 is 2.23. The van der Waals surface area contributed by atoms with Gasteiger partial charge in [0.2, 0.25) is 0 Å². The summed E-state index contributed by atoms with van der Waals surface area (Å²) in [5.74, 6) is 0.960. The molecular weight excluding hydrogens is 605 g/mol. The van der Waals surface area contributed by atoms with Crippen molar-refractivity contribution in [3.63, 3.8) is 0 Å². The molecule has 3 aromatic carbocycles. The molecule has 7 rings (SSSR count). The van der Waals surface area contributed by atoms with E-state index in [-0.39, 0.29) is 5.43 Å². The molecule has 0 saturated heterocycles. The molecule has 2 aromatic heterocycles. The summed E-state index contributed by atoms with van der Waals surface area (Å²) in [6, 6.07) is 26.8. The lowest BCUT2D eigenvalue weighted by atomic mass is 9.96. The molecular formula is C40H32N2O2S2. The molecule has 2 aliphatic rings. The first-order chi connectivity index (χ1) is 22.6. The first-order valence-corrected chi connectivity index (χ1v) is 17.2. The predicted molar refractivity (Wildman–Crippen MR) is 197 cm³/mol. The standard InChI is InChI=1S/C40H32N2O2S2/c1-3-12-27(4-2)31-17-9-18-33-39(31)42(37-20-11-24-46-37)35-25-29-15-8-16-32(28-13-6-5-7-14-28)38(29)41(36-19-10-23-45-36)30(21-22-43)26-34(35)40(33)44/h3-9,11-22,24-26H,10,23H2,1-2H3/b12-3-,27-4+,30-21-,34-26+,35-25+. The molecule has 226 valence electrons. The number of para-hydroxylation sites is 2. The lowest BCUT2D eigenvalue weighted by Crippen LogP contribution is -2.46. The number of rotatable bonds is 6. The Kier molecular flexibility index (Phi) is 8.31. The zero-order valence-electron chi connectivity index (χ0n) is 25.6. The van der Waals surface area contributed by atoms with Crippen molar-refractivity contribution in [2.45, 2.75) is 20.3 Å². The Morgan fingerprint density at radius 3 is 2.48 bits per heavy atom. The van der Waals surface area contributed by atoms with Crippen LogP contribution in [-0.4, -0.2) is 16.6 Å². The van der Waals surface area contributed by atoms with Crippen LogP contribution in [0.4, 0.5) is 5.69 Å². The summed E-state index contributed by atoms with van der Waals surface area (Å²) in [4.78, 5) is 29.2. The summed E-state index contributed by atoms with van der Waals surface area (Å²) >= 11 is 3.40. The third-order valence-electron chi connectivity index (χ3n) is 8.32. The van der Waals surface area contributed by atoms with Crippen LogP contribution in [-0.2, 0) is 4.79 Å². The Morgan fingerprint density at radius 2 is 1.76 bits per heavy atom. The van der Waals surface area contributed by atoms with Crippen LogP contribution in [0.15, 0.2) is 130 Å². The van der Waals surface area contributed by atoms with Crippen LogP contribution >= 0.6 is 23.1 Å². The minimum Gasteiger partial charge on any atom is -0.304 e. The number of thiophene rings is 1. The number of carbonyl (C=O) groups is 1. The van der Waals surface area contributed by atoms with Crippen molar-refractivity contribution in [2.75, 3.05) is 10.7 Å². The van der Waals surface area contributed by atoms with Crippen LogP contribution in [0.2, 0.25) is 0 Å². The quantitative estimate of drug-likeness (QED) is 0.107. The average Bonchev–Trinajstić information content (AvgIpc) is 3.81. The molecule has 0 aliphatic carbocycles. The molecule has 0 radical (unpaired) electrons. The zero-order chi connectivity index (χ0) is 31.6. The van der Waals surface area contributed by atoms with Crippen LogP contribution in [0.1, 0.15) is 31.4 Å². The topological polar surface area (TPSA) is 42.3 Å². The van der Waals surface area contributed by atoms with E-state index in [1.807, 2.05) is 62.4 Å². The molecule has 4 nitrogen and oxygen atoms in total. The number of allylic oxidation sites excluding steroid dienone is 7. The molecule has 0 atom stereocenters. The van der Waals surface area contributed by atoms with Crippen LogP contribution in [0.5, 0.6) is 0 Å². The molecule has 0 amide bonds. The zero-order valence-corrected chi connectivity index (χ0v) is 27.3. The van der Waals surface area contributed by atoms with Gasteiger partial charge in [0.15, 0.2) is 5.43 Å². The number of hydrogen-bond donors (Lipinski definition) is 0. The summed E-state index contributed by atoms with van der Waals surface area (Å²) in [5.41, 5.74) is 7.53. The fraction of sp³-hybridized carbons (Fsp3) is 0.100. The largest absolute Gasteiger partial charge is 0.304 e. The molecule has 5 aromatic rings. The number of fused-ring (bicyclic) bond motifs is 3. The Hall–Kier alpha value is -4.91. The predicted octanol–water partition coefficient (Wildman–Crippen LogP) is 8.19. The normalized spacial score (nSPS) is 17.1. The van der Waals surface area contributed by atoms with Crippen molar-refractivity contribution in [1.82, 2.24) is 4.57 Å².